The Morgan fingerprint density at radius 1 is 0.963 bits per heavy atom. The van der Waals surface area contributed by atoms with Crippen LogP contribution in [0, 0.1) is 0 Å². The van der Waals surface area contributed by atoms with Crippen molar-refractivity contribution in [2.75, 3.05) is 31.1 Å². The normalized spacial score (nSPS) is 17.1. The van der Waals surface area contributed by atoms with Gasteiger partial charge in [0.2, 0.25) is 10.0 Å². The maximum atomic E-state index is 12.9. The van der Waals surface area contributed by atoms with Crippen molar-refractivity contribution in [3.63, 3.8) is 0 Å². The standard InChI is InChI=1S/C20H24Cl2N2O2S/c1-3-15(2)16-4-7-18(8-5-16)27(25,26)24-12-10-23(11-13-24)17-6-9-19(21)20(22)14-17/h4-9,14-15H,3,10-13H2,1-2H3. The van der Waals surface area contributed by atoms with Gasteiger partial charge in [-0.3, -0.25) is 0 Å². The largest absolute Gasteiger partial charge is 0.369 e. The van der Waals surface area contributed by atoms with E-state index in [0.29, 0.717) is 47.0 Å². The fourth-order valence-corrected chi connectivity index (χ4v) is 4.94. The zero-order chi connectivity index (χ0) is 19.6. The number of anilines is 1. The Kier molecular flexibility index (Phi) is 6.36. The molecular formula is C20H24Cl2N2O2S. The van der Waals surface area contributed by atoms with Gasteiger partial charge in [0.25, 0.3) is 0 Å². The van der Waals surface area contributed by atoms with Gasteiger partial charge in [0, 0.05) is 31.9 Å². The van der Waals surface area contributed by atoms with Crippen molar-refractivity contribution in [3.05, 3.63) is 58.1 Å². The Labute approximate surface area is 171 Å². The first-order valence-electron chi connectivity index (χ1n) is 9.13. The van der Waals surface area contributed by atoms with Crippen molar-refractivity contribution >= 4 is 38.9 Å². The van der Waals surface area contributed by atoms with Crippen LogP contribution in [-0.4, -0.2) is 38.9 Å². The molecule has 7 heteroatoms. The van der Waals surface area contributed by atoms with Gasteiger partial charge in [0.05, 0.1) is 14.9 Å². The Balaban J connectivity index is 1.70. The van der Waals surface area contributed by atoms with Crippen LogP contribution in [-0.2, 0) is 10.0 Å². The highest BCUT2D eigenvalue weighted by molar-refractivity contribution is 7.89. The second-order valence-corrected chi connectivity index (χ2v) is 9.62. The lowest BCUT2D eigenvalue weighted by Gasteiger charge is -2.35. The van der Waals surface area contributed by atoms with Crippen LogP contribution in [0.5, 0.6) is 0 Å². The minimum absolute atomic E-state index is 0.359. The minimum Gasteiger partial charge on any atom is -0.369 e. The molecule has 4 nitrogen and oxygen atoms in total. The first kappa shape index (κ1) is 20.5. The van der Waals surface area contributed by atoms with Gasteiger partial charge in [0.1, 0.15) is 0 Å². The van der Waals surface area contributed by atoms with E-state index in [9.17, 15) is 8.42 Å². The number of nitrogens with zero attached hydrogens (tertiary/aromatic N) is 2. The molecule has 0 N–H and O–H groups in total. The fourth-order valence-electron chi connectivity index (χ4n) is 3.22. The van der Waals surface area contributed by atoms with E-state index >= 15 is 0 Å². The average molecular weight is 427 g/mol. The summed E-state index contributed by atoms with van der Waals surface area (Å²) in [5.41, 5.74) is 2.13. The lowest BCUT2D eigenvalue weighted by molar-refractivity contribution is 0.385. The number of hydrogen-bond donors (Lipinski definition) is 0. The van der Waals surface area contributed by atoms with Crippen molar-refractivity contribution in [2.45, 2.75) is 31.1 Å². The molecule has 1 aliphatic heterocycles. The molecule has 146 valence electrons. The molecule has 2 aromatic rings. The Hall–Kier alpha value is -1.27. The van der Waals surface area contributed by atoms with Gasteiger partial charge in [0.15, 0.2) is 0 Å². The van der Waals surface area contributed by atoms with Crippen LogP contribution >= 0.6 is 23.2 Å². The molecule has 0 radical (unpaired) electrons. The van der Waals surface area contributed by atoms with E-state index in [-0.39, 0.29) is 0 Å². The van der Waals surface area contributed by atoms with Crippen LogP contribution in [0.1, 0.15) is 31.7 Å². The molecule has 0 saturated carbocycles. The Morgan fingerprint density at radius 3 is 2.15 bits per heavy atom. The minimum atomic E-state index is -3.47. The maximum Gasteiger partial charge on any atom is 0.243 e. The molecule has 0 spiro atoms. The van der Waals surface area contributed by atoms with Crippen LogP contribution < -0.4 is 4.90 Å². The zero-order valence-electron chi connectivity index (χ0n) is 15.5. The molecule has 2 aromatic carbocycles. The van der Waals surface area contributed by atoms with E-state index in [2.05, 4.69) is 18.7 Å². The van der Waals surface area contributed by atoms with Crippen molar-refractivity contribution in [1.82, 2.24) is 4.31 Å². The van der Waals surface area contributed by atoms with Crippen molar-refractivity contribution in [2.24, 2.45) is 0 Å². The molecule has 1 fully saturated rings. The van der Waals surface area contributed by atoms with E-state index < -0.39 is 10.0 Å². The van der Waals surface area contributed by atoms with Crippen molar-refractivity contribution in [3.8, 4) is 0 Å². The predicted octanol–water partition coefficient (Wildman–Crippen LogP) is 5.02. The summed E-state index contributed by atoms with van der Waals surface area (Å²) >= 11 is 12.1. The van der Waals surface area contributed by atoms with Gasteiger partial charge in [-0.1, -0.05) is 49.2 Å². The van der Waals surface area contributed by atoms with Gasteiger partial charge in [-0.05, 0) is 48.2 Å². The molecule has 0 aromatic heterocycles. The second kappa shape index (κ2) is 8.39. The summed E-state index contributed by atoms with van der Waals surface area (Å²) in [5.74, 6) is 0.427. The third-order valence-corrected chi connectivity index (χ3v) is 7.86. The molecule has 3 rings (SSSR count). The molecule has 0 aliphatic carbocycles. The third kappa shape index (κ3) is 4.43. The Bertz CT molecular complexity index is 893. The summed E-state index contributed by atoms with van der Waals surface area (Å²) < 4.78 is 27.5. The molecule has 27 heavy (non-hydrogen) atoms. The van der Waals surface area contributed by atoms with Crippen LogP contribution in [0.4, 0.5) is 5.69 Å². The van der Waals surface area contributed by atoms with Crippen LogP contribution in [0.3, 0.4) is 0 Å². The Morgan fingerprint density at radius 2 is 1.59 bits per heavy atom. The van der Waals surface area contributed by atoms with Gasteiger partial charge in [-0.25, -0.2) is 8.42 Å². The molecule has 1 aliphatic rings. The van der Waals surface area contributed by atoms with Gasteiger partial charge in [-0.15, -0.1) is 0 Å². The zero-order valence-corrected chi connectivity index (χ0v) is 17.9. The molecular weight excluding hydrogens is 403 g/mol. The monoisotopic (exact) mass is 426 g/mol. The first-order valence-corrected chi connectivity index (χ1v) is 11.3. The van der Waals surface area contributed by atoms with Crippen LogP contribution in [0.15, 0.2) is 47.4 Å². The molecule has 1 atom stereocenters. The van der Waals surface area contributed by atoms with Crippen molar-refractivity contribution < 1.29 is 8.42 Å². The number of piperazine rings is 1. The van der Waals surface area contributed by atoms with Crippen LogP contribution in [0.25, 0.3) is 0 Å². The summed E-state index contributed by atoms with van der Waals surface area (Å²) in [7, 11) is -3.47. The average Bonchev–Trinajstić information content (AvgIpc) is 2.69. The van der Waals surface area contributed by atoms with E-state index in [1.54, 1.807) is 22.5 Å². The molecule has 0 bridgehead atoms. The lowest BCUT2D eigenvalue weighted by atomic mass is 9.99. The molecule has 0 amide bonds. The molecule has 1 saturated heterocycles. The van der Waals surface area contributed by atoms with Gasteiger partial charge in [-0.2, -0.15) is 4.31 Å². The summed E-state index contributed by atoms with van der Waals surface area (Å²) in [6.45, 7) is 6.38. The summed E-state index contributed by atoms with van der Waals surface area (Å²) in [5, 5.41) is 1.02. The highest BCUT2D eigenvalue weighted by Gasteiger charge is 2.28. The highest BCUT2D eigenvalue weighted by atomic mass is 35.5. The number of hydrogen-bond acceptors (Lipinski definition) is 3. The predicted molar refractivity (Wildman–Crippen MR) is 113 cm³/mol. The smallest absolute Gasteiger partial charge is 0.243 e. The summed E-state index contributed by atoms with van der Waals surface area (Å²) in [6.07, 6.45) is 1.03. The maximum absolute atomic E-state index is 12.9. The fraction of sp³-hybridized carbons (Fsp3) is 0.400. The quantitative estimate of drug-likeness (QED) is 0.673. The van der Waals surface area contributed by atoms with E-state index in [1.807, 2.05) is 24.3 Å². The third-order valence-electron chi connectivity index (χ3n) is 5.21. The highest BCUT2D eigenvalue weighted by Crippen LogP contribution is 2.29. The molecule has 1 unspecified atom stereocenters. The number of sulfonamides is 1. The number of rotatable bonds is 5. The number of benzene rings is 2. The topological polar surface area (TPSA) is 40.6 Å². The van der Waals surface area contributed by atoms with E-state index in [4.69, 9.17) is 23.2 Å². The van der Waals surface area contributed by atoms with Crippen LogP contribution in [0.2, 0.25) is 10.0 Å². The summed E-state index contributed by atoms with van der Waals surface area (Å²) in [6, 6.07) is 12.8. The van der Waals surface area contributed by atoms with Gasteiger partial charge >= 0.3 is 0 Å². The summed E-state index contributed by atoms with van der Waals surface area (Å²) in [4.78, 5) is 2.48. The lowest BCUT2D eigenvalue weighted by Crippen LogP contribution is -2.48. The first-order chi connectivity index (χ1) is 12.8. The van der Waals surface area contributed by atoms with E-state index in [1.165, 1.54) is 5.56 Å². The van der Waals surface area contributed by atoms with Crippen molar-refractivity contribution in [1.29, 1.82) is 0 Å². The number of halogens is 2. The second-order valence-electron chi connectivity index (χ2n) is 6.87. The molecule has 1 heterocycles. The van der Waals surface area contributed by atoms with Gasteiger partial charge < -0.3 is 4.90 Å². The van der Waals surface area contributed by atoms with E-state index in [0.717, 1.165) is 12.1 Å². The SMILES string of the molecule is CCC(C)c1ccc(S(=O)(=O)N2CCN(c3ccc(Cl)c(Cl)c3)CC2)cc1.